The van der Waals surface area contributed by atoms with Crippen molar-refractivity contribution >= 4 is 17.1 Å². The Morgan fingerprint density at radius 2 is 1.81 bits per heavy atom. The van der Waals surface area contributed by atoms with Gasteiger partial charge in [0.15, 0.2) is 0 Å². The van der Waals surface area contributed by atoms with Crippen LogP contribution in [0.3, 0.4) is 0 Å². The van der Waals surface area contributed by atoms with E-state index in [1.165, 1.54) is 0 Å². The minimum atomic E-state index is 0.114. The predicted octanol–water partition coefficient (Wildman–Crippen LogP) is 4.12. The first-order valence-corrected chi connectivity index (χ1v) is 6.97. The summed E-state index contributed by atoms with van der Waals surface area (Å²) in [4.78, 5) is 0. The van der Waals surface area contributed by atoms with Gasteiger partial charge in [0.2, 0.25) is 0 Å². The summed E-state index contributed by atoms with van der Waals surface area (Å²) >= 11 is 0. The van der Waals surface area contributed by atoms with Gasteiger partial charge in [-0.2, -0.15) is 0 Å². The molecule has 0 aliphatic rings. The molecule has 0 saturated heterocycles. The van der Waals surface area contributed by atoms with Gasteiger partial charge < -0.3 is 20.5 Å². The van der Waals surface area contributed by atoms with Crippen molar-refractivity contribution in [2.24, 2.45) is 0 Å². The number of nitrogens with two attached hydrogens (primary N) is 1. The fraction of sp³-hybridized carbons (Fsp3) is 0.294. The van der Waals surface area contributed by atoms with E-state index in [9.17, 15) is 0 Å². The number of hydrogen-bond acceptors (Lipinski definition) is 4. The van der Waals surface area contributed by atoms with E-state index in [0.717, 1.165) is 28.4 Å². The minimum absolute atomic E-state index is 0.114. The summed E-state index contributed by atoms with van der Waals surface area (Å²) < 4.78 is 11.0. The molecule has 112 valence electrons. The Hall–Kier alpha value is -2.36. The molecule has 21 heavy (non-hydrogen) atoms. The molecule has 4 nitrogen and oxygen atoms in total. The lowest BCUT2D eigenvalue weighted by Gasteiger charge is -2.14. The van der Waals surface area contributed by atoms with Gasteiger partial charge in [0, 0.05) is 29.2 Å². The molecule has 0 unspecified atom stereocenters. The highest BCUT2D eigenvalue weighted by molar-refractivity contribution is 5.67. The highest BCUT2D eigenvalue weighted by atomic mass is 16.5. The molecule has 3 N–H and O–H groups in total. The van der Waals surface area contributed by atoms with Crippen LogP contribution in [0.25, 0.3) is 0 Å². The first kappa shape index (κ1) is 15.0. The number of rotatable bonds is 5. The monoisotopic (exact) mass is 286 g/mol. The third-order valence-electron chi connectivity index (χ3n) is 2.98. The van der Waals surface area contributed by atoms with E-state index in [1.54, 1.807) is 7.11 Å². The molecule has 4 heteroatoms. The highest BCUT2D eigenvalue weighted by Gasteiger charge is 2.04. The lowest BCUT2D eigenvalue weighted by Crippen LogP contribution is -2.06. The van der Waals surface area contributed by atoms with Gasteiger partial charge in [0.25, 0.3) is 0 Å². The number of nitrogen functional groups attached to an aromatic ring is 1. The van der Waals surface area contributed by atoms with Crippen molar-refractivity contribution < 1.29 is 9.47 Å². The summed E-state index contributed by atoms with van der Waals surface area (Å²) in [7, 11) is 1.67. The molecule has 0 spiro atoms. The Labute approximate surface area is 125 Å². The van der Waals surface area contributed by atoms with Crippen molar-refractivity contribution in [2.75, 3.05) is 18.2 Å². The smallest absolute Gasteiger partial charge is 0.123 e. The zero-order valence-electron chi connectivity index (χ0n) is 12.9. The number of nitrogens with one attached hydrogen (secondary N) is 1. The Balaban J connectivity index is 2.22. The van der Waals surface area contributed by atoms with E-state index in [4.69, 9.17) is 15.2 Å². The van der Waals surface area contributed by atoms with Gasteiger partial charge in [-0.05, 0) is 50.6 Å². The fourth-order valence-corrected chi connectivity index (χ4v) is 2.16. The van der Waals surface area contributed by atoms with Gasteiger partial charge >= 0.3 is 0 Å². The average Bonchev–Trinajstić information content (AvgIpc) is 2.37. The van der Waals surface area contributed by atoms with Crippen LogP contribution in [0.15, 0.2) is 36.4 Å². The van der Waals surface area contributed by atoms with E-state index in [-0.39, 0.29) is 6.10 Å². The van der Waals surface area contributed by atoms with Gasteiger partial charge in [-0.15, -0.1) is 0 Å². The van der Waals surface area contributed by atoms with Crippen LogP contribution in [0.4, 0.5) is 17.1 Å². The molecule has 0 fully saturated rings. The Bertz CT molecular complexity index is 624. The summed E-state index contributed by atoms with van der Waals surface area (Å²) in [5.74, 6) is 1.63. The second kappa shape index (κ2) is 6.39. The second-order valence-corrected chi connectivity index (χ2v) is 5.27. The quantitative estimate of drug-likeness (QED) is 0.812. The Morgan fingerprint density at radius 3 is 2.43 bits per heavy atom. The van der Waals surface area contributed by atoms with Gasteiger partial charge in [-0.25, -0.2) is 0 Å². The maximum atomic E-state index is 5.92. The molecule has 2 rings (SSSR count). The van der Waals surface area contributed by atoms with Crippen molar-refractivity contribution in [1.82, 2.24) is 0 Å². The number of methoxy groups -OCH3 is 1. The SMILES string of the molecule is COc1ccc(Nc2cc(N)cc(OC(C)C)c2)cc1C. The number of anilines is 3. The van der Waals surface area contributed by atoms with Crippen molar-refractivity contribution in [3.63, 3.8) is 0 Å². The molecule has 0 bridgehead atoms. The predicted molar refractivity (Wildman–Crippen MR) is 87.6 cm³/mol. The highest BCUT2D eigenvalue weighted by Crippen LogP contribution is 2.28. The summed E-state index contributed by atoms with van der Waals surface area (Å²) in [6, 6.07) is 11.6. The first-order chi connectivity index (χ1) is 9.97. The molecule has 0 aliphatic carbocycles. The molecular formula is C17H22N2O2. The topological polar surface area (TPSA) is 56.5 Å². The van der Waals surface area contributed by atoms with E-state index < -0.39 is 0 Å². The van der Waals surface area contributed by atoms with Crippen LogP contribution in [-0.2, 0) is 0 Å². The molecule has 0 radical (unpaired) electrons. The standard InChI is InChI=1S/C17H22N2O2/c1-11(2)21-16-9-13(18)8-15(10-16)19-14-5-6-17(20-4)12(3)7-14/h5-11,19H,18H2,1-4H3. The van der Waals surface area contributed by atoms with E-state index in [2.05, 4.69) is 5.32 Å². The first-order valence-electron chi connectivity index (χ1n) is 6.97. The van der Waals surface area contributed by atoms with E-state index in [1.807, 2.05) is 57.2 Å². The van der Waals surface area contributed by atoms with Gasteiger partial charge in [-0.3, -0.25) is 0 Å². The second-order valence-electron chi connectivity index (χ2n) is 5.27. The van der Waals surface area contributed by atoms with Crippen molar-refractivity contribution in [3.8, 4) is 11.5 Å². The number of aryl methyl sites for hydroxylation is 1. The normalized spacial score (nSPS) is 10.5. The lowest BCUT2D eigenvalue weighted by atomic mass is 10.2. The van der Waals surface area contributed by atoms with Crippen LogP contribution in [0.5, 0.6) is 11.5 Å². The number of benzene rings is 2. The maximum Gasteiger partial charge on any atom is 0.123 e. The lowest BCUT2D eigenvalue weighted by molar-refractivity contribution is 0.242. The zero-order valence-corrected chi connectivity index (χ0v) is 12.9. The van der Waals surface area contributed by atoms with Gasteiger partial charge in [-0.1, -0.05) is 0 Å². The number of hydrogen-bond donors (Lipinski definition) is 2. The van der Waals surface area contributed by atoms with Gasteiger partial charge in [0.05, 0.1) is 13.2 Å². The molecule has 0 amide bonds. The van der Waals surface area contributed by atoms with Crippen LogP contribution in [0, 0.1) is 6.92 Å². The Morgan fingerprint density at radius 1 is 1.05 bits per heavy atom. The average molecular weight is 286 g/mol. The van der Waals surface area contributed by atoms with E-state index in [0.29, 0.717) is 5.69 Å². The summed E-state index contributed by atoms with van der Waals surface area (Å²) in [6.07, 6.45) is 0.114. The summed E-state index contributed by atoms with van der Waals surface area (Å²) in [5.41, 5.74) is 9.55. The van der Waals surface area contributed by atoms with Crippen LogP contribution >= 0.6 is 0 Å². The maximum absolute atomic E-state index is 5.92. The summed E-state index contributed by atoms with van der Waals surface area (Å²) in [6.45, 7) is 5.99. The third-order valence-corrected chi connectivity index (χ3v) is 2.98. The van der Waals surface area contributed by atoms with E-state index >= 15 is 0 Å². The molecule has 2 aromatic carbocycles. The van der Waals surface area contributed by atoms with Crippen LogP contribution in [0.2, 0.25) is 0 Å². The molecule has 0 heterocycles. The zero-order chi connectivity index (χ0) is 15.4. The molecule has 2 aromatic rings. The van der Waals surface area contributed by atoms with Crippen molar-refractivity contribution in [1.29, 1.82) is 0 Å². The molecule has 0 saturated carbocycles. The minimum Gasteiger partial charge on any atom is -0.496 e. The fourth-order valence-electron chi connectivity index (χ4n) is 2.16. The Kier molecular flexibility index (Phi) is 4.58. The van der Waals surface area contributed by atoms with Crippen LogP contribution in [-0.4, -0.2) is 13.2 Å². The molecule has 0 aliphatic heterocycles. The van der Waals surface area contributed by atoms with Gasteiger partial charge in [0.1, 0.15) is 11.5 Å². The molecular weight excluding hydrogens is 264 g/mol. The molecule has 0 atom stereocenters. The van der Waals surface area contributed by atoms with Crippen molar-refractivity contribution in [3.05, 3.63) is 42.0 Å². The molecule has 0 aromatic heterocycles. The van der Waals surface area contributed by atoms with Crippen LogP contribution in [0.1, 0.15) is 19.4 Å². The summed E-state index contributed by atoms with van der Waals surface area (Å²) in [5, 5.41) is 3.33. The van der Waals surface area contributed by atoms with Crippen molar-refractivity contribution in [2.45, 2.75) is 26.9 Å². The van der Waals surface area contributed by atoms with Crippen LogP contribution < -0.4 is 20.5 Å². The number of ether oxygens (including phenoxy) is 2. The largest absolute Gasteiger partial charge is 0.496 e. The third kappa shape index (κ3) is 4.05.